The number of likely N-dealkylation sites (N-methyl/N-ethyl adjacent to an activating group) is 1. The number of thiophene rings is 1. The molecule has 0 amide bonds. The number of rotatable bonds is 3. The molecule has 2 N–H and O–H groups in total. The van der Waals surface area contributed by atoms with Crippen LogP contribution in [0.3, 0.4) is 0 Å². The quantitative estimate of drug-likeness (QED) is 0.853. The minimum atomic E-state index is 0.537. The van der Waals surface area contributed by atoms with E-state index in [9.17, 15) is 0 Å². The third-order valence-electron chi connectivity index (χ3n) is 3.45. The summed E-state index contributed by atoms with van der Waals surface area (Å²) in [7, 11) is 2.24. The summed E-state index contributed by atoms with van der Waals surface area (Å²) in [5.41, 5.74) is 5.94. The maximum absolute atomic E-state index is 5.94. The Hall–Kier alpha value is -0.380. The van der Waals surface area contributed by atoms with Gasteiger partial charge in [-0.2, -0.15) is 0 Å². The molecule has 0 aliphatic carbocycles. The van der Waals surface area contributed by atoms with E-state index in [-0.39, 0.29) is 0 Å². The fourth-order valence-corrected chi connectivity index (χ4v) is 3.47. The Balaban J connectivity index is 2.11. The van der Waals surface area contributed by atoms with Crippen molar-refractivity contribution in [2.24, 2.45) is 5.73 Å². The van der Waals surface area contributed by atoms with Crippen molar-refractivity contribution >= 4 is 11.3 Å². The Bertz CT molecular complexity index is 284. The highest BCUT2D eigenvalue weighted by Gasteiger charge is 2.28. The summed E-state index contributed by atoms with van der Waals surface area (Å²) < 4.78 is 0. The largest absolute Gasteiger partial charge is 0.330 e. The molecule has 2 nitrogen and oxygen atoms in total. The average molecular weight is 224 g/mol. The molecule has 2 heterocycles. The fraction of sp³-hybridized carbons (Fsp3) is 0.667. The first-order chi connectivity index (χ1) is 7.33. The zero-order valence-electron chi connectivity index (χ0n) is 9.36. The Kier molecular flexibility index (Phi) is 3.78. The Morgan fingerprint density at radius 2 is 2.47 bits per heavy atom. The first-order valence-electron chi connectivity index (χ1n) is 5.76. The molecule has 2 unspecified atom stereocenters. The van der Waals surface area contributed by atoms with Crippen LogP contribution in [0, 0.1) is 0 Å². The van der Waals surface area contributed by atoms with Crippen LogP contribution in [0.1, 0.15) is 30.1 Å². The highest BCUT2D eigenvalue weighted by atomic mass is 32.1. The number of piperidine rings is 1. The molecule has 1 fully saturated rings. The molecule has 3 heteroatoms. The topological polar surface area (TPSA) is 29.3 Å². The second kappa shape index (κ2) is 5.10. The third-order valence-corrected chi connectivity index (χ3v) is 4.46. The molecule has 15 heavy (non-hydrogen) atoms. The van der Waals surface area contributed by atoms with Gasteiger partial charge >= 0.3 is 0 Å². The Labute approximate surface area is 96.1 Å². The first kappa shape index (κ1) is 11.1. The van der Waals surface area contributed by atoms with Crippen molar-refractivity contribution in [1.29, 1.82) is 0 Å². The van der Waals surface area contributed by atoms with E-state index in [1.165, 1.54) is 30.7 Å². The lowest BCUT2D eigenvalue weighted by atomic mass is 9.89. The second-order valence-electron chi connectivity index (χ2n) is 4.40. The predicted octanol–water partition coefficient (Wildman–Crippen LogP) is 2.27. The molecule has 2 atom stereocenters. The summed E-state index contributed by atoms with van der Waals surface area (Å²) in [5.74, 6) is 0.537. The molecule has 1 saturated heterocycles. The van der Waals surface area contributed by atoms with Crippen molar-refractivity contribution < 1.29 is 0 Å². The zero-order valence-corrected chi connectivity index (χ0v) is 10.2. The standard InChI is InChI=1S/C12H20N2S/c1-14-7-3-2-5-11(14)10(9-13)12-6-4-8-15-12/h4,6,8,10-11H,2-3,5,7,9,13H2,1H3. The van der Waals surface area contributed by atoms with Crippen LogP contribution >= 0.6 is 11.3 Å². The summed E-state index contributed by atoms with van der Waals surface area (Å²) in [5, 5.41) is 2.15. The molecule has 0 radical (unpaired) electrons. The predicted molar refractivity (Wildman–Crippen MR) is 66.4 cm³/mol. The average Bonchev–Trinajstić information content (AvgIpc) is 2.75. The van der Waals surface area contributed by atoms with Gasteiger partial charge in [0.2, 0.25) is 0 Å². The van der Waals surface area contributed by atoms with Gasteiger partial charge in [-0.1, -0.05) is 12.5 Å². The molecular weight excluding hydrogens is 204 g/mol. The van der Waals surface area contributed by atoms with Gasteiger partial charge in [-0.05, 0) is 37.9 Å². The van der Waals surface area contributed by atoms with Crippen molar-refractivity contribution in [3.8, 4) is 0 Å². The van der Waals surface area contributed by atoms with Crippen LogP contribution in [0.5, 0.6) is 0 Å². The van der Waals surface area contributed by atoms with Gasteiger partial charge in [-0.25, -0.2) is 0 Å². The fourth-order valence-electron chi connectivity index (χ4n) is 2.57. The Morgan fingerprint density at radius 1 is 1.60 bits per heavy atom. The molecule has 1 aliphatic heterocycles. The number of likely N-dealkylation sites (tertiary alicyclic amines) is 1. The van der Waals surface area contributed by atoms with Gasteiger partial charge in [-0.15, -0.1) is 11.3 Å². The Morgan fingerprint density at radius 3 is 3.07 bits per heavy atom. The lowest BCUT2D eigenvalue weighted by Gasteiger charge is -2.37. The summed E-state index contributed by atoms with van der Waals surface area (Å²) in [6.45, 7) is 2.00. The van der Waals surface area contributed by atoms with Crippen molar-refractivity contribution in [1.82, 2.24) is 4.90 Å². The highest BCUT2D eigenvalue weighted by Crippen LogP contribution is 2.31. The number of hydrogen-bond acceptors (Lipinski definition) is 3. The van der Waals surface area contributed by atoms with Gasteiger partial charge in [0.25, 0.3) is 0 Å². The van der Waals surface area contributed by atoms with Gasteiger partial charge < -0.3 is 10.6 Å². The number of nitrogens with zero attached hydrogens (tertiary/aromatic N) is 1. The normalized spacial score (nSPS) is 25.3. The summed E-state index contributed by atoms with van der Waals surface area (Å²) in [6, 6.07) is 5.01. The van der Waals surface area contributed by atoms with Crippen LogP contribution in [0.2, 0.25) is 0 Å². The maximum Gasteiger partial charge on any atom is 0.0211 e. The summed E-state index contributed by atoms with van der Waals surface area (Å²) >= 11 is 1.84. The molecular formula is C12H20N2S. The van der Waals surface area contributed by atoms with Crippen molar-refractivity contribution in [3.05, 3.63) is 22.4 Å². The minimum Gasteiger partial charge on any atom is -0.330 e. The molecule has 0 aromatic carbocycles. The van der Waals surface area contributed by atoms with Crippen LogP contribution in [-0.4, -0.2) is 31.1 Å². The van der Waals surface area contributed by atoms with Crippen LogP contribution in [0.15, 0.2) is 17.5 Å². The zero-order chi connectivity index (χ0) is 10.7. The van der Waals surface area contributed by atoms with Crippen LogP contribution in [-0.2, 0) is 0 Å². The summed E-state index contributed by atoms with van der Waals surface area (Å²) in [4.78, 5) is 3.94. The summed E-state index contributed by atoms with van der Waals surface area (Å²) in [6.07, 6.45) is 4.00. The van der Waals surface area contributed by atoms with Crippen LogP contribution in [0.4, 0.5) is 0 Å². The van der Waals surface area contributed by atoms with E-state index in [2.05, 4.69) is 29.5 Å². The molecule has 0 saturated carbocycles. The smallest absolute Gasteiger partial charge is 0.0211 e. The van der Waals surface area contributed by atoms with E-state index in [0.29, 0.717) is 12.0 Å². The molecule has 1 aliphatic rings. The van der Waals surface area contributed by atoms with Crippen LogP contribution < -0.4 is 5.73 Å². The lowest BCUT2D eigenvalue weighted by Crippen LogP contribution is -2.42. The minimum absolute atomic E-state index is 0.537. The molecule has 0 bridgehead atoms. The monoisotopic (exact) mass is 224 g/mol. The van der Waals surface area contributed by atoms with Crippen LogP contribution in [0.25, 0.3) is 0 Å². The molecule has 2 rings (SSSR count). The van der Waals surface area contributed by atoms with E-state index < -0.39 is 0 Å². The van der Waals surface area contributed by atoms with Crippen molar-refractivity contribution in [2.75, 3.05) is 20.1 Å². The third kappa shape index (κ3) is 2.41. The van der Waals surface area contributed by atoms with Gasteiger partial charge in [0.05, 0.1) is 0 Å². The molecule has 1 aromatic rings. The first-order valence-corrected chi connectivity index (χ1v) is 6.64. The molecule has 0 spiro atoms. The van der Waals surface area contributed by atoms with Crippen molar-refractivity contribution in [3.63, 3.8) is 0 Å². The lowest BCUT2D eigenvalue weighted by molar-refractivity contribution is 0.161. The number of nitrogens with two attached hydrogens (primary N) is 1. The van der Waals surface area contributed by atoms with Gasteiger partial charge in [0.1, 0.15) is 0 Å². The molecule has 1 aromatic heterocycles. The van der Waals surface area contributed by atoms with E-state index in [1.807, 2.05) is 11.3 Å². The van der Waals surface area contributed by atoms with E-state index in [4.69, 9.17) is 5.73 Å². The van der Waals surface area contributed by atoms with Gasteiger partial charge in [0.15, 0.2) is 0 Å². The highest BCUT2D eigenvalue weighted by molar-refractivity contribution is 7.10. The van der Waals surface area contributed by atoms with Gasteiger partial charge in [0, 0.05) is 23.4 Å². The van der Waals surface area contributed by atoms with Gasteiger partial charge in [-0.3, -0.25) is 0 Å². The molecule has 84 valence electrons. The SMILES string of the molecule is CN1CCCCC1C(CN)c1cccs1. The van der Waals surface area contributed by atoms with E-state index >= 15 is 0 Å². The number of hydrogen-bond donors (Lipinski definition) is 1. The van der Waals surface area contributed by atoms with E-state index in [1.54, 1.807) is 0 Å². The second-order valence-corrected chi connectivity index (χ2v) is 5.38. The maximum atomic E-state index is 5.94. The van der Waals surface area contributed by atoms with Crippen molar-refractivity contribution in [2.45, 2.75) is 31.2 Å². The van der Waals surface area contributed by atoms with E-state index in [0.717, 1.165) is 6.54 Å².